The standard InChI is InChI=1S/C23H42N6O3/c30-19(12-6-13-20-26-21(29-32-20)16-8-2-1-3-9-16)24-14-7-15-25-22-17-10-4-5-11-18(17)23(31)28-27-22/h16-18,20-22,25-27,29H,1-15H2,(H,24,30)(H,28,31). The molecule has 0 spiro atoms. The predicted octanol–water partition coefficient (Wildman–Crippen LogP) is 1.38. The monoisotopic (exact) mass is 450 g/mol. The van der Waals surface area contributed by atoms with Crippen molar-refractivity contribution in [2.45, 2.75) is 102 Å². The molecule has 6 N–H and O–H groups in total. The van der Waals surface area contributed by atoms with Crippen LogP contribution in [0.5, 0.6) is 0 Å². The topological polar surface area (TPSA) is 116 Å². The van der Waals surface area contributed by atoms with Crippen LogP contribution in [0.15, 0.2) is 0 Å². The summed E-state index contributed by atoms with van der Waals surface area (Å²) in [6.45, 7) is 1.48. The molecule has 2 heterocycles. The van der Waals surface area contributed by atoms with E-state index in [2.05, 4.69) is 32.3 Å². The van der Waals surface area contributed by atoms with Crippen molar-refractivity contribution in [3.05, 3.63) is 0 Å². The lowest BCUT2D eigenvalue weighted by Crippen LogP contribution is -2.64. The second kappa shape index (κ2) is 12.3. The Morgan fingerprint density at radius 3 is 2.69 bits per heavy atom. The molecule has 0 radical (unpaired) electrons. The summed E-state index contributed by atoms with van der Waals surface area (Å²) in [6.07, 6.45) is 14.4. The van der Waals surface area contributed by atoms with Crippen molar-refractivity contribution in [2.24, 2.45) is 17.8 Å². The van der Waals surface area contributed by atoms with Crippen LogP contribution in [0.25, 0.3) is 0 Å². The Bertz CT molecular complexity index is 615. The van der Waals surface area contributed by atoms with Gasteiger partial charge in [-0.2, -0.15) is 5.48 Å². The van der Waals surface area contributed by atoms with Gasteiger partial charge in [-0.05, 0) is 57.4 Å². The lowest BCUT2D eigenvalue weighted by Gasteiger charge is -2.41. The van der Waals surface area contributed by atoms with Gasteiger partial charge < -0.3 is 10.6 Å². The number of fused-ring (bicyclic) bond motifs is 1. The van der Waals surface area contributed by atoms with E-state index in [1.54, 1.807) is 0 Å². The van der Waals surface area contributed by atoms with Gasteiger partial charge in [-0.3, -0.25) is 25.2 Å². The third-order valence-electron chi connectivity index (χ3n) is 7.67. The summed E-state index contributed by atoms with van der Waals surface area (Å²) in [5.74, 6) is 1.41. The van der Waals surface area contributed by atoms with Crippen molar-refractivity contribution in [1.29, 1.82) is 0 Å². The van der Waals surface area contributed by atoms with Crippen LogP contribution >= 0.6 is 0 Å². The maximum Gasteiger partial charge on any atom is 0.237 e. The first-order valence-electron chi connectivity index (χ1n) is 12.9. The minimum Gasteiger partial charge on any atom is -0.356 e. The maximum atomic E-state index is 12.1. The van der Waals surface area contributed by atoms with Gasteiger partial charge in [0, 0.05) is 24.8 Å². The van der Waals surface area contributed by atoms with Crippen LogP contribution in [0.2, 0.25) is 0 Å². The van der Waals surface area contributed by atoms with Crippen molar-refractivity contribution < 1.29 is 14.4 Å². The fraction of sp³-hybridized carbons (Fsp3) is 0.913. The number of hydrazine groups is 1. The molecule has 4 aliphatic rings. The van der Waals surface area contributed by atoms with Crippen LogP contribution in [0, 0.1) is 17.8 Å². The third-order valence-corrected chi connectivity index (χ3v) is 7.67. The van der Waals surface area contributed by atoms with E-state index in [4.69, 9.17) is 4.84 Å². The first kappa shape index (κ1) is 23.9. The van der Waals surface area contributed by atoms with Gasteiger partial charge in [-0.1, -0.05) is 32.1 Å². The van der Waals surface area contributed by atoms with Gasteiger partial charge >= 0.3 is 0 Å². The van der Waals surface area contributed by atoms with Crippen LogP contribution in [0.3, 0.4) is 0 Å². The molecule has 5 atom stereocenters. The third kappa shape index (κ3) is 6.63. The number of rotatable bonds is 10. The van der Waals surface area contributed by atoms with Crippen molar-refractivity contribution in [3.8, 4) is 0 Å². The molecular formula is C23H42N6O3. The molecule has 2 aliphatic heterocycles. The molecule has 0 aromatic rings. The highest BCUT2D eigenvalue weighted by Gasteiger charge is 2.39. The molecule has 0 aromatic carbocycles. The largest absolute Gasteiger partial charge is 0.356 e. The number of carbonyl (C=O) groups excluding carboxylic acids is 2. The number of amides is 2. The van der Waals surface area contributed by atoms with Gasteiger partial charge in [-0.25, -0.2) is 5.43 Å². The fourth-order valence-electron chi connectivity index (χ4n) is 5.81. The van der Waals surface area contributed by atoms with Gasteiger partial charge in [0.1, 0.15) is 6.23 Å². The fourth-order valence-corrected chi connectivity index (χ4v) is 5.81. The van der Waals surface area contributed by atoms with E-state index < -0.39 is 0 Å². The second-order valence-electron chi connectivity index (χ2n) is 9.98. The smallest absolute Gasteiger partial charge is 0.237 e. The molecule has 4 rings (SSSR count). The molecule has 32 heavy (non-hydrogen) atoms. The minimum atomic E-state index is 0.00558. The highest BCUT2D eigenvalue weighted by Crippen LogP contribution is 2.33. The molecule has 2 saturated carbocycles. The van der Waals surface area contributed by atoms with Gasteiger partial charge in [0.2, 0.25) is 11.8 Å². The van der Waals surface area contributed by atoms with E-state index in [0.29, 0.717) is 24.8 Å². The molecule has 0 aromatic heterocycles. The first-order valence-corrected chi connectivity index (χ1v) is 12.9. The summed E-state index contributed by atoms with van der Waals surface area (Å²) in [7, 11) is 0. The number of hydrogen-bond acceptors (Lipinski definition) is 7. The zero-order valence-corrected chi connectivity index (χ0v) is 19.3. The number of hydrogen-bond donors (Lipinski definition) is 6. The molecule has 182 valence electrons. The van der Waals surface area contributed by atoms with Crippen molar-refractivity contribution >= 4 is 11.8 Å². The molecule has 5 unspecified atom stereocenters. The van der Waals surface area contributed by atoms with Crippen LogP contribution in [0.4, 0.5) is 0 Å². The minimum absolute atomic E-state index is 0.00558. The maximum absolute atomic E-state index is 12.1. The summed E-state index contributed by atoms with van der Waals surface area (Å²) >= 11 is 0. The number of carbonyl (C=O) groups is 2. The molecule has 2 amide bonds. The Labute approximate surface area is 191 Å². The van der Waals surface area contributed by atoms with Gasteiger partial charge in [-0.15, -0.1) is 0 Å². The Kier molecular flexibility index (Phi) is 9.16. The first-order chi connectivity index (χ1) is 15.7. The normalized spacial score (nSPS) is 33.5. The highest BCUT2D eigenvalue weighted by molar-refractivity contribution is 5.79. The molecule has 2 aliphatic carbocycles. The molecule has 0 bridgehead atoms. The van der Waals surface area contributed by atoms with Crippen LogP contribution in [-0.2, 0) is 14.4 Å². The van der Waals surface area contributed by atoms with E-state index in [1.165, 1.54) is 38.5 Å². The van der Waals surface area contributed by atoms with Crippen LogP contribution in [-0.4, -0.2) is 43.5 Å². The lowest BCUT2D eigenvalue weighted by atomic mass is 9.76. The highest BCUT2D eigenvalue weighted by atomic mass is 16.7. The van der Waals surface area contributed by atoms with Gasteiger partial charge in [0.05, 0.1) is 12.3 Å². The van der Waals surface area contributed by atoms with Gasteiger partial charge in [0.25, 0.3) is 0 Å². The Morgan fingerprint density at radius 1 is 1.00 bits per heavy atom. The second-order valence-corrected chi connectivity index (χ2v) is 9.98. The van der Waals surface area contributed by atoms with E-state index in [-0.39, 0.29) is 36.3 Å². The summed E-state index contributed by atoms with van der Waals surface area (Å²) in [6, 6.07) is 0. The van der Waals surface area contributed by atoms with E-state index in [1.807, 2.05) is 0 Å². The zero-order valence-electron chi connectivity index (χ0n) is 19.3. The summed E-state index contributed by atoms with van der Waals surface area (Å²) < 4.78 is 0. The van der Waals surface area contributed by atoms with E-state index >= 15 is 0 Å². The Morgan fingerprint density at radius 2 is 1.81 bits per heavy atom. The van der Waals surface area contributed by atoms with Crippen molar-refractivity contribution in [2.75, 3.05) is 13.1 Å². The predicted molar refractivity (Wildman–Crippen MR) is 122 cm³/mol. The molecule has 2 saturated heterocycles. The van der Waals surface area contributed by atoms with Crippen molar-refractivity contribution in [3.63, 3.8) is 0 Å². The van der Waals surface area contributed by atoms with E-state index in [9.17, 15) is 9.59 Å². The molecule has 4 fully saturated rings. The van der Waals surface area contributed by atoms with Gasteiger partial charge in [0.15, 0.2) is 0 Å². The Hall–Kier alpha value is -1.26. The number of nitrogens with one attached hydrogen (secondary N) is 6. The quantitative estimate of drug-likeness (QED) is 0.279. The molecular weight excluding hydrogens is 408 g/mol. The van der Waals surface area contributed by atoms with Crippen LogP contribution in [0.1, 0.15) is 83.5 Å². The summed E-state index contributed by atoms with van der Waals surface area (Å²) in [5, 5.41) is 10.1. The average molecular weight is 451 g/mol. The number of hydroxylamine groups is 1. The summed E-state index contributed by atoms with van der Waals surface area (Å²) in [5.41, 5.74) is 9.10. The zero-order chi connectivity index (χ0) is 22.2. The SMILES string of the molecule is O=C(CCCC1NC(C2CCCCC2)NO1)NCCCNC1NNC(=O)C2CCCCC12. The Balaban J connectivity index is 1.02. The average Bonchev–Trinajstić information content (AvgIpc) is 3.30. The lowest BCUT2D eigenvalue weighted by molar-refractivity contribution is -0.134. The molecule has 9 nitrogen and oxygen atoms in total. The van der Waals surface area contributed by atoms with E-state index in [0.717, 1.165) is 45.1 Å². The summed E-state index contributed by atoms with van der Waals surface area (Å²) in [4.78, 5) is 29.9. The van der Waals surface area contributed by atoms with Crippen molar-refractivity contribution in [1.82, 2.24) is 32.3 Å². The molecule has 9 heteroatoms. The van der Waals surface area contributed by atoms with Crippen LogP contribution < -0.4 is 32.3 Å².